The molecule has 0 aromatic heterocycles. The van der Waals surface area contributed by atoms with Gasteiger partial charge in [0.05, 0.1) is 17.6 Å². The van der Waals surface area contributed by atoms with Crippen molar-refractivity contribution in [2.75, 3.05) is 0 Å². The Labute approximate surface area is 187 Å². The van der Waals surface area contributed by atoms with Crippen molar-refractivity contribution in [2.24, 2.45) is 0 Å². The van der Waals surface area contributed by atoms with E-state index in [1.54, 1.807) is 36.4 Å². The van der Waals surface area contributed by atoms with Crippen LogP contribution in [0, 0.1) is 26.6 Å². The molecule has 1 atom stereocenters. The van der Waals surface area contributed by atoms with Gasteiger partial charge in [-0.05, 0) is 30.7 Å². The average molecular weight is 470 g/mol. The average Bonchev–Trinajstić information content (AvgIpc) is 2.83. The van der Waals surface area contributed by atoms with E-state index in [9.17, 15) is 8.42 Å². The van der Waals surface area contributed by atoms with Crippen LogP contribution >= 0.6 is 0 Å². The third-order valence-corrected chi connectivity index (χ3v) is 4.40. The summed E-state index contributed by atoms with van der Waals surface area (Å²) in [5, 5.41) is 1.21. The van der Waals surface area contributed by atoms with Gasteiger partial charge in [0.25, 0.3) is 0 Å². The topological polar surface area (TPSA) is 123 Å². The Morgan fingerprint density at radius 2 is 1.23 bits per heavy atom. The SMILES string of the molecule is CC(C=CS(=O)(=O)c1ccccc1)OCc1ccccc1.[C-]#[O+].[C-]#[O+].[C-]#[O+].[C-]#[O+].[Fe]. The Balaban J connectivity index is -0.000000336. The zero-order valence-corrected chi connectivity index (χ0v) is 17.8. The van der Waals surface area contributed by atoms with Gasteiger partial charge in [0, 0.05) is 22.5 Å². The van der Waals surface area contributed by atoms with Gasteiger partial charge in [0.2, 0.25) is 0 Å². The Kier molecular flexibility index (Phi) is 28.7. The van der Waals surface area contributed by atoms with Gasteiger partial charge in [-0.1, -0.05) is 48.5 Å². The first-order valence-corrected chi connectivity index (χ1v) is 9.08. The van der Waals surface area contributed by atoms with E-state index in [2.05, 4.69) is 26.6 Å². The largest absolute Gasteiger partial charge is 0 e. The van der Waals surface area contributed by atoms with Crippen LogP contribution in [-0.4, -0.2) is 14.5 Å². The first kappa shape index (κ1) is 35.0. The Hall–Kier alpha value is -2.43. The molecule has 0 amide bonds. The maximum absolute atomic E-state index is 12.1. The van der Waals surface area contributed by atoms with Crippen molar-refractivity contribution in [1.29, 1.82) is 0 Å². The third kappa shape index (κ3) is 16.5. The molecule has 0 radical (unpaired) electrons. The second-order valence-electron chi connectivity index (χ2n) is 4.69. The molecule has 30 heavy (non-hydrogen) atoms. The molecule has 0 N–H and O–H groups in total. The molecule has 0 aliphatic carbocycles. The van der Waals surface area contributed by atoms with Crippen LogP contribution in [0.5, 0.6) is 0 Å². The van der Waals surface area contributed by atoms with Crippen LogP contribution < -0.4 is 0 Å². The third-order valence-electron chi connectivity index (χ3n) is 2.96. The summed E-state index contributed by atoms with van der Waals surface area (Å²) in [6.07, 6.45) is 1.29. The minimum absolute atomic E-state index is 0. The number of sulfone groups is 1. The van der Waals surface area contributed by atoms with Crippen molar-refractivity contribution >= 4 is 9.84 Å². The summed E-state index contributed by atoms with van der Waals surface area (Å²) >= 11 is 0. The molecular weight excluding hydrogens is 452 g/mol. The fourth-order valence-electron chi connectivity index (χ4n) is 1.76. The summed E-state index contributed by atoms with van der Waals surface area (Å²) in [5.74, 6) is 0. The van der Waals surface area contributed by atoms with Gasteiger partial charge in [-0.3, -0.25) is 0 Å². The standard InChI is InChI=1S/C17H18O3S.4CO.Fe/c1-15(20-14-16-8-4-2-5-9-16)12-13-21(18,19)17-10-6-3-7-11-17;4*1-2;/h2-13,15H,14H2,1H3;;;;;. The summed E-state index contributed by atoms with van der Waals surface area (Å²) in [6, 6.07) is 18.1. The van der Waals surface area contributed by atoms with E-state index in [4.69, 9.17) is 23.3 Å². The first-order valence-electron chi connectivity index (χ1n) is 7.53. The van der Waals surface area contributed by atoms with Gasteiger partial charge in [-0.15, -0.1) is 0 Å². The summed E-state index contributed by atoms with van der Waals surface area (Å²) in [4.78, 5) is 0.288. The molecule has 0 aliphatic heterocycles. The van der Waals surface area contributed by atoms with Crippen molar-refractivity contribution in [1.82, 2.24) is 0 Å². The Morgan fingerprint density at radius 3 is 1.67 bits per heavy atom. The molecule has 2 rings (SSSR count). The molecule has 7 nitrogen and oxygen atoms in total. The van der Waals surface area contributed by atoms with E-state index in [1.165, 1.54) is 5.41 Å². The number of hydrogen-bond acceptors (Lipinski definition) is 3. The Morgan fingerprint density at radius 1 is 0.833 bits per heavy atom. The second kappa shape index (κ2) is 24.6. The molecule has 0 bridgehead atoms. The fraction of sp³-hybridized carbons (Fsp3) is 0.143. The predicted molar refractivity (Wildman–Crippen MR) is 99.2 cm³/mol. The molecule has 2 aromatic rings. The van der Waals surface area contributed by atoms with E-state index < -0.39 is 9.84 Å². The normalized spacial score (nSPS) is 9.63. The van der Waals surface area contributed by atoms with Crippen LogP contribution in [0.15, 0.2) is 77.0 Å². The number of ether oxygens (including phenoxy) is 1. The van der Waals surface area contributed by atoms with Crippen LogP contribution in [0.4, 0.5) is 0 Å². The number of benzene rings is 2. The predicted octanol–water partition coefficient (Wildman–Crippen LogP) is 3.43. The van der Waals surface area contributed by atoms with E-state index >= 15 is 0 Å². The monoisotopic (exact) mass is 470 g/mol. The minimum atomic E-state index is -3.40. The summed E-state index contributed by atoms with van der Waals surface area (Å²) in [5.41, 5.74) is 1.06. The molecular formula is C21H18FeO7S. The molecule has 9 heteroatoms. The van der Waals surface area contributed by atoms with Crippen molar-refractivity contribution < 1.29 is 48.8 Å². The maximum Gasteiger partial charge on any atom is 0 e. The van der Waals surface area contributed by atoms with E-state index in [-0.39, 0.29) is 28.1 Å². The van der Waals surface area contributed by atoms with Crippen molar-refractivity contribution in [2.45, 2.75) is 24.5 Å². The summed E-state index contributed by atoms with van der Waals surface area (Å²) in [6.45, 7) is 20.3. The molecule has 0 aliphatic rings. The summed E-state index contributed by atoms with van der Waals surface area (Å²) in [7, 11) is -3.40. The second-order valence-corrected chi connectivity index (χ2v) is 6.52. The molecule has 1 unspecified atom stereocenters. The smallest absolute Gasteiger partial charge is 0 e. The molecule has 0 saturated heterocycles. The van der Waals surface area contributed by atoms with Crippen LogP contribution in [0.25, 0.3) is 0 Å². The maximum atomic E-state index is 12.1. The first-order chi connectivity index (χ1) is 14.1. The molecule has 0 heterocycles. The molecule has 0 saturated carbocycles. The molecule has 0 fully saturated rings. The molecule has 158 valence electrons. The van der Waals surface area contributed by atoms with E-state index in [0.29, 0.717) is 6.61 Å². The van der Waals surface area contributed by atoms with E-state index in [0.717, 1.165) is 5.56 Å². The summed E-state index contributed by atoms with van der Waals surface area (Å²) < 4.78 is 59.7. The van der Waals surface area contributed by atoms with Gasteiger partial charge < -0.3 is 4.74 Å². The van der Waals surface area contributed by atoms with Gasteiger partial charge in [0.15, 0.2) is 9.84 Å². The zero-order chi connectivity index (χ0) is 23.1. The fourth-order valence-corrected chi connectivity index (χ4v) is 2.88. The van der Waals surface area contributed by atoms with Crippen molar-refractivity contribution in [3.8, 4) is 0 Å². The van der Waals surface area contributed by atoms with Crippen LogP contribution in [0.1, 0.15) is 12.5 Å². The van der Waals surface area contributed by atoms with Gasteiger partial charge in [-0.2, -0.15) is 0 Å². The van der Waals surface area contributed by atoms with Gasteiger partial charge in [-0.25, -0.2) is 8.42 Å². The molecule has 2 aromatic carbocycles. The minimum Gasteiger partial charge on any atom is 0 e. The van der Waals surface area contributed by atoms with Crippen LogP contribution in [0.2, 0.25) is 0 Å². The van der Waals surface area contributed by atoms with Crippen molar-refractivity contribution in [3.05, 3.63) is 104 Å². The van der Waals surface area contributed by atoms with Crippen LogP contribution in [0.3, 0.4) is 0 Å². The zero-order valence-electron chi connectivity index (χ0n) is 15.8. The molecule has 0 spiro atoms. The van der Waals surface area contributed by atoms with Crippen molar-refractivity contribution in [3.63, 3.8) is 0 Å². The number of rotatable bonds is 6. The van der Waals surface area contributed by atoms with Crippen LogP contribution in [-0.2, 0) is 56.9 Å². The van der Waals surface area contributed by atoms with Gasteiger partial charge >= 0.3 is 45.2 Å². The van der Waals surface area contributed by atoms with E-state index in [1.807, 2.05) is 37.3 Å². The number of hydrogen-bond donors (Lipinski definition) is 0. The Bertz CT molecular complexity index is 832. The quantitative estimate of drug-likeness (QED) is 0.365. The van der Waals surface area contributed by atoms with Gasteiger partial charge in [0.1, 0.15) is 0 Å².